The van der Waals surface area contributed by atoms with Gasteiger partial charge < -0.3 is 20.4 Å². The minimum absolute atomic E-state index is 0.0336. The lowest BCUT2D eigenvalue weighted by molar-refractivity contribution is 0.0695. The molecule has 0 radical (unpaired) electrons. The van der Waals surface area contributed by atoms with Gasteiger partial charge in [0.05, 0.1) is 23.4 Å². The van der Waals surface area contributed by atoms with Gasteiger partial charge in [-0.2, -0.15) is 0 Å². The molecule has 1 aliphatic heterocycles. The minimum atomic E-state index is -1.15. The van der Waals surface area contributed by atoms with Crippen LogP contribution in [0.25, 0.3) is 0 Å². The van der Waals surface area contributed by atoms with Crippen LogP contribution in [0.15, 0.2) is 18.2 Å². The molecule has 3 N–H and O–H groups in total. The van der Waals surface area contributed by atoms with E-state index in [0.717, 1.165) is 0 Å². The van der Waals surface area contributed by atoms with Gasteiger partial charge in [-0.15, -0.1) is 0 Å². The number of nitrogens with zero attached hydrogens (tertiary/aromatic N) is 1. The van der Waals surface area contributed by atoms with E-state index in [1.807, 2.05) is 0 Å². The van der Waals surface area contributed by atoms with Crippen LogP contribution in [0.5, 0.6) is 0 Å². The van der Waals surface area contributed by atoms with Crippen LogP contribution in [0.3, 0.4) is 0 Å². The number of carboxylic acids is 1. The second-order valence-corrected chi connectivity index (χ2v) is 5.53. The fourth-order valence-electron chi connectivity index (χ4n) is 2.12. The summed E-state index contributed by atoms with van der Waals surface area (Å²) in [5.41, 5.74) is -0.795. The van der Waals surface area contributed by atoms with Gasteiger partial charge in [-0.3, -0.25) is 0 Å². The molecule has 1 atom stereocenters. The Morgan fingerprint density at radius 3 is 2.70 bits per heavy atom. The Labute approximate surface area is 121 Å². The number of aromatic carboxylic acids is 1. The SMILES string of the molecule is CC1(O)CCN(C(=O)Nc2cc(Cl)ccc2C(=O)O)C1. The van der Waals surface area contributed by atoms with Gasteiger partial charge in [0.15, 0.2) is 0 Å². The molecule has 1 aromatic carbocycles. The molecular weight excluding hydrogens is 284 g/mol. The van der Waals surface area contributed by atoms with Crippen LogP contribution < -0.4 is 5.32 Å². The summed E-state index contributed by atoms with van der Waals surface area (Å²) < 4.78 is 0. The Kier molecular flexibility index (Phi) is 3.87. The average Bonchev–Trinajstić information content (AvgIpc) is 2.69. The number of rotatable bonds is 2. The van der Waals surface area contributed by atoms with Crippen molar-refractivity contribution < 1.29 is 19.8 Å². The van der Waals surface area contributed by atoms with Crippen LogP contribution >= 0.6 is 11.6 Å². The van der Waals surface area contributed by atoms with Gasteiger partial charge in [0.25, 0.3) is 0 Å². The number of aliphatic hydroxyl groups is 1. The summed E-state index contributed by atoms with van der Waals surface area (Å²) in [7, 11) is 0. The first-order valence-electron chi connectivity index (χ1n) is 6.10. The summed E-state index contributed by atoms with van der Waals surface area (Å²) in [6.45, 7) is 2.28. The lowest BCUT2D eigenvalue weighted by atomic mass is 10.1. The molecule has 0 saturated carbocycles. The van der Waals surface area contributed by atoms with Gasteiger partial charge in [0.1, 0.15) is 0 Å². The van der Waals surface area contributed by atoms with Crippen molar-refractivity contribution in [2.24, 2.45) is 0 Å². The summed E-state index contributed by atoms with van der Waals surface area (Å²) in [6.07, 6.45) is 0.488. The molecule has 6 nitrogen and oxygen atoms in total. The second-order valence-electron chi connectivity index (χ2n) is 5.09. The van der Waals surface area contributed by atoms with Crippen LogP contribution in [0.2, 0.25) is 5.02 Å². The molecule has 2 amide bonds. The first-order valence-corrected chi connectivity index (χ1v) is 6.47. The number of anilines is 1. The summed E-state index contributed by atoms with van der Waals surface area (Å²) in [4.78, 5) is 24.6. The molecule has 0 bridgehead atoms. The first-order chi connectivity index (χ1) is 9.28. The molecule has 1 saturated heterocycles. The number of halogens is 1. The van der Waals surface area contributed by atoms with E-state index < -0.39 is 17.6 Å². The molecule has 1 aromatic rings. The smallest absolute Gasteiger partial charge is 0.337 e. The van der Waals surface area contributed by atoms with Crippen LogP contribution in [0, 0.1) is 0 Å². The van der Waals surface area contributed by atoms with E-state index in [1.165, 1.54) is 23.1 Å². The van der Waals surface area contributed by atoms with Crippen LogP contribution in [-0.2, 0) is 0 Å². The third-order valence-corrected chi connectivity index (χ3v) is 3.43. The standard InChI is InChI=1S/C13H15ClN2O4/c1-13(20)4-5-16(7-13)12(19)15-10-6-8(14)2-3-9(10)11(17)18/h2-3,6,20H,4-5,7H2,1H3,(H,15,19)(H,17,18). The number of nitrogens with one attached hydrogen (secondary N) is 1. The summed E-state index contributed by atoms with van der Waals surface area (Å²) in [5.74, 6) is -1.15. The molecular formula is C13H15ClN2O4. The zero-order chi connectivity index (χ0) is 14.9. The summed E-state index contributed by atoms with van der Waals surface area (Å²) >= 11 is 5.81. The Morgan fingerprint density at radius 2 is 2.15 bits per heavy atom. The lowest BCUT2D eigenvalue weighted by Gasteiger charge is -2.20. The number of hydrogen-bond donors (Lipinski definition) is 3. The topological polar surface area (TPSA) is 89.9 Å². The van der Waals surface area contributed by atoms with Gasteiger partial charge in [-0.1, -0.05) is 11.6 Å². The van der Waals surface area contributed by atoms with Crippen molar-refractivity contribution in [3.63, 3.8) is 0 Å². The normalized spacial score (nSPS) is 21.9. The molecule has 20 heavy (non-hydrogen) atoms. The van der Waals surface area contributed by atoms with E-state index in [9.17, 15) is 14.7 Å². The zero-order valence-corrected chi connectivity index (χ0v) is 11.6. The summed E-state index contributed by atoms with van der Waals surface area (Å²) in [5, 5.41) is 21.8. The fraction of sp³-hybridized carbons (Fsp3) is 0.385. The van der Waals surface area contributed by atoms with E-state index in [0.29, 0.717) is 18.0 Å². The maximum absolute atomic E-state index is 12.1. The highest BCUT2D eigenvalue weighted by Crippen LogP contribution is 2.24. The van der Waals surface area contributed by atoms with Crippen LogP contribution in [0.4, 0.5) is 10.5 Å². The minimum Gasteiger partial charge on any atom is -0.478 e. The molecule has 2 rings (SSSR count). The van der Waals surface area contributed by atoms with E-state index in [1.54, 1.807) is 6.92 Å². The van der Waals surface area contributed by atoms with E-state index in [2.05, 4.69) is 5.32 Å². The monoisotopic (exact) mass is 298 g/mol. The largest absolute Gasteiger partial charge is 0.478 e. The number of likely N-dealkylation sites (tertiary alicyclic amines) is 1. The number of carboxylic acid groups (broad SMARTS) is 1. The van der Waals surface area contributed by atoms with Crippen LogP contribution in [0.1, 0.15) is 23.7 Å². The van der Waals surface area contributed by atoms with Crippen molar-refractivity contribution in [3.05, 3.63) is 28.8 Å². The van der Waals surface area contributed by atoms with E-state index >= 15 is 0 Å². The third kappa shape index (κ3) is 3.20. The number of benzene rings is 1. The molecule has 0 spiro atoms. The number of carbonyl (C=O) groups is 2. The van der Waals surface area contributed by atoms with Gasteiger partial charge in [0, 0.05) is 11.6 Å². The van der Waals surface area contributed by atoms with E-state index in [4.69, 9.17) is 16.7 Å². The number of carbonyl (C=O) groups excluding carboxylic acids is 1. The highest BCUT2D eigenvalue weighted by atomic mass is 35.5. The molecule has 0 aliphatic carbocycles. The van der Waals surface area contributed by atoms with Crippen LogP contribution in [-0.4, -0.2) is 45.8 Å². The number of β-amino-alcohol motifs (C(OH)–C–C–N with tert-alkyl or cyclic N) is 1. The van der Waals surface area contributed by atoms with Crippen molar-refractivity contribution in [2.45, 2.75) is 18.9 Å². The van der Waals surface area contributed by atoms with Crippen molar-refractivity contribution in [1.82, 2.24) is 4.90 Å². The third-order valence-electron chi connectivity index (χ3n) is 3.19. The highest BCUT2D eigenvalue weighted by molar-refractivity contribution is 6.31. The maximum Gasteiger partial charge on any atom is 0.337 e. The number of hydrogen-bond acceptors (Lipinski definition) is 3. The fourth-order valence-corrected chi connectivity index (χ4v) is 2.29. The number of urea groups is 1. The Bertz CT molecular complexity index is 559. The molecule has 7 heteroatoms. The van der Waals surface area contributed by atoms with Crippen molar-refractivity contribution in [3.8, 4) is 0 Å². The molecule has 1 aliphatic rings. The van der Waals surface area contributed by atoms with Gasteiger partial charge in [-0.05, 0) is 31.5 Å². The average molecular weight is 299 g/mol. The number of amides is 2. The zero-order valence-electron chi connectivity index (χ0n) is 10.9. The maximum atomic E-state index is 12.1. The predicted molar refractivity (Wildman–Crippen MR) is 74.2 cm³/mol. The molecule has 108 valence electrons. The Morgan fingerprint density at radius 1 is 1.45 bits per heavy atom. The van der Waals surface area contributed by atoms with Gasteiger partial charge >= 0.3 is 12.0 Å². The molecule has 0 aromatic heterocycles. The Balaban J connectivity index is 2.16. The lowest BCUT2D eigenvalue weighted by Crippen LogP contribution is -2.36. The van der Waals surface area contributed by atoms with Gasteiger partial charge in [0.2, 0.25) is 0 Å². The Hall–Kier alpha value is -1.79. The second kappa shape index (κ2) is 5.30. The van der Waals surface area contributed by atoms with Crippen molar-refractivity contribution >= 4 is 29.3 Å². The molecule has 1 unspecified atom stereocenters. The molecule has 1 fully saturated rings. The highest BCUT2D eigenvalue weighted by Gasteiger charge is 2.34. The molecule has 1 heterocycles. The summed E-state index contributed by atoms with van der Waals surface area (Å²) in [6, 6.07) is 3.71. The van der Waals surface area contributed by atoms with Crippen molar-refractivity contribution in [1.29, 1.82) is 0 Å². The van der Waals surface area contributed by atoms with Crippen molar-refractivity contribution in [2.75, 3.05) is 18.4 Å². The van der Waals surface area contributed by atoms with E-state index in [-0.39, 0.29) is 17.8 Å². The first kappa shape index (κ1) is 14.6. The predicted octanol–water partition coefficient (Wildman–Crippen LogP) is 2.03. The quantitative estimate of drug-likeness (QED) is 0.779. The van der Waals surface area contributed by atoms with Gasteiger partial charge in [-0.25, -0.2) is 9.59 Å².